The Labute approximate surface area is 96.1 Å². The van der Waals surface area contributed by atoms with Crippen LogP contribution >= 0.6 is 15.9 Å². The number of rotatable bonds is 4. The summed E-state index contributed by atoms with van der Waals surface area (Å²) in [4.78, 5) is 0. The molecule has 0 bridgehead atoms. The van der Waals surface area contributed by atoms with Gasteiger partial charge in [0.15, 0.2) is 11.6 Å². The van der Waals surface area contributed by atoms with Gasteiger partial charge in [0.05, 0.1) is 11.1 Å². The van der Waals surface area contributed by atoms with E-state index in [9.17, 15) is 4.39 Å². The van der Waals surface area contributed by atoms with Gasteiger partial charge in [-0.3, -0.25) is 5.41 Å². The highest BCUT2D eigenvalue weighted by atomic mass is 79.9. The summed E-state index contributed by atoms with van der Waals surface area (Å²) >= 11 is 3.05. The summed E-state index contributed by atoms with van der Waals surface area (Å²) in [6, 6.07) is 3.03. The average Bonchev–Trinajstić information content (AvgIpc) is 2.20. The highest BCUT2D eigenvalue weighted by Gasteiger charge is 2.13. The number of ether oxygens (including phenoxy) is 1. The summed E-state index contributed by atoms with van der Waals surface area (Å²) in [5, 5.41) is 7.22. The van der Waals surface area contributed by atoms with Gasteiger partial charge in [0.2, 0.25) is 0 Å². The smallest absolute Gasteiger partial charge is 0.179 e. The molecule has 82 valence electrons. The first kappa shape index (κ1) is 12.0. The number of nitrogens with one attached hydrogen (secondary N) is 1. The Morgan fingerprint density at radius 1 is 1.60 bits per heavy atom. The molecule has 0 aliphatic carbocycles. The normalized spacial score (nSPS) is 10.1. The van der Waals surface area contributed by atoms with Crippen molar-refractivity contribution in [2.24, 2.45) is 5.73 Å². The van der Waals surface area contributed by atoms with Crippen molar-refractivity contribution in [1.82, 2.24) is 0 Å². The van der Waals surface area contributed by atoms with Gasteiger partial charge in [-0.2, -0.15) is 0 Å². The molecule has 0 aliphatic heterocycles. The van der Waals surface area contributed by atoms with Crippen LogP contribution in [0.15, 0.2) is 16.6 Å². The first-order valence-electron chi connectivity index (χ1n) is 4.53. The molecule has 3 N–H and O–H groups in total. The fourth-order valence-electron chi connectivity index (χ4n) is 1.06. The summed E-state index contributed by atoms with van der Waals surface area (Å²) in [5.74, 6) is -0.521. The van der Waals surface area contributed by atoms with E-state index in [0.29, 0.717) is 12.2 Å². The molecule has 5 heteroatoms. The maximum Gasteiger partial charge on any atom is 0.179 e. The van der Waals surface area contributed by atoms with Gasteiger partial charge in [0.25, 0.3) is 0 Å². The fourth-order valence-corrected chi connectivity index (χ4v) is 1.60. The van der Waals surface area contributed by atoms with Gasteiger partial charge < -0.3 is 10.5 Å². The monoisotopic (exact) mass is 274 g/mol. The topological polar surface area (TPSA) is 59.1 Å². The number of nitrogens with two attached hydrogens (primary N) is 1. The third kappa shape index (κ3) is 2.68. The van der Waals surface area contributed by atoms with Crippen molar-refractivity contribution in [1.29, 1.82) is 5.41 Å². The van der Waals surface area contributed by atoms with Crippen molar-refractivity contribution in [3.05, 3.63) is 28.0 Å². The Kier molecular flexibility index (Phi) is 4.08. The van der Waals surface area contributed by atoms with Crippen LogP contribution in [0, 0.1) is 11.2 Å². The molecular weight excluding hydrogens is 263 g/mol. The van der Waals surface area contributed by atoms with Crippen LogP contribution in [-0.2, 0) is 0 Å². The predicted octanol–water partition coefficient (Wildman–Crippen LogP) is 2.66. The minimum absolute atomic E-state index is 0.170. The van der Waals surface area contributed by atoms with E-state index < -0.39 is 5.82 Å². The van der Waals surface area contributed by atoms with E-state index in [1.165, 1.54) is 6.07 Å². The SMILES string of the molecule is CCCOc1ccc(C(=N)N)c(Br)c1F. The van der Waals surface area contributed by atoms with Crippen molar-refractivity contribution in [3.8, 4) is 5.75 Å². The second kappa shape index (κ2) is 5.11. The number of benzene rings is 1. The minimum atomic E-state index is -0.517. The lowest BCUT2D eigenvalue weighted by molar-refractivity contribution is 0.300. The van der Waals surface area contributed by atoms with Gasteiger partial charge >= 0.3 is 0 Å². The molecular formula is C10H12BrFN2O. The van der Waals surface area contributed by atoms with Gasteiger partial charge in [-0.1, -0.05) is 6.92 Å². The van der Waals surface area contributed by atoms with Crippen LogP contribution in [0.3, 0.4) is 0 Å². The minimum Gasteiger partial charge on any atom is -0.490 e. The van der Waals surface area contributed by atoms with Crippen LogP contribution in [0.2, 0.25) is 0 Å². The Morgan fingerprint density at radius 2 is 2.27 bits per heavy atom. The van der Waals surface area contributed by atoms with Crippen LogP contribution < -0.4 is 10.5 Å². The summed E-state index contributed by atoms with van der Waals surface area (Å²) < 4.78 is 19.0. The zero-order valence-electron chi connectivity index (χ0n) is 8.31. The van der Waals surface area contributed by atoms with Gasteiger partial charge in [-0.25, -0.2) is 4.39 Å². The number of nitrogen functional groups attached to an aromatic ring is 1. The quantitative estimate of drug-likeness (QED) is 0.655. The second-order valence-electron chi connectivity index (χ2n) is 3.00. The van der Waals surface area contributed by atoms with Crippen LogP contribution in [0.1, 0.15) is 18.9 Å². The molecule has 0 unspecified atom stereocenters. The Bertz CT molecular complexity index is 382. The third-order valence-corrected chi connectivity index (χ3v) is 2.57. The fraction of sp³-hybridized carbons (Fsp3) is 0.300. The van der Waals surface area contributed by atoms with Crippen molar-refractivity contribution in [3.63, 3.8) is 0 Å². The Morgan fingerprint density at radius 3 is 2.80 bits per heavy atom. The number of amidine groups is 1. The summed E-state index contributed by atoms with van der Waals surface area (Å²) in [5.41, 5.74) is 5.61. The van der Waals surface area contributed by atoms with E-state index in [2.05, 4.69) is 15.9 Å². The largest absolute Gasteiger partial charge is 0.490 e. The molecule has 15 heavy (non-hydrogen) atoms. The summed E-state index contributed by atoms with van der Waals surface area (Å²) in [6.07, 6.45) is 0.811. The van der Waals surface area contributed by atoms with E-state index in [0.717, 1.165) is 6.42 Å². The van der Waals surface area contributed by atoms with Crippen LogP contribution in [0.4, 0.5) is 4.39 Å². The van der Waals surface area contributed by atoms with E-state index in [1.54, 1.807) is 6.07 Å². The Balaban J connectivity index is 3.04. The highest BCUT2D eigenvalue weighted by Crippen LogP contribution is 2.28. The first-order valence-corrected chi connectivity index (χ1v) is 5.32. The summed E-state index contributed by atoms with van der Waals surface area (Å²) in [6.45, 7) is 2.40. The lowest BCUT2D eigenvalue weighted by atomic mass is 10.2. The molecule has 0 saturated heterocycles. The number of halogens is 2. The zero-order chi connectivity index (χ0) is 11.4. The lowest BCUT2D eigenvalue weighted by Crippen LogP contribution is -2.12. The first-order chi connectivity index (χ1) is 7.07. The Hall–Kier alpha value is -1.10. The molecule has 0 amide bonds. The molecule has 0 spiro atoms. The van der Waals surface area contributed by atoms with Crippen LogP contribution in [0.5, 0.6) is 5.75 Å². The van der Waals surface area contributed by atoms with E-state index >= 15 is 0 Å². The third-order valence-electron chi connectivity index (χ3n) is 1.80. The van der Waals surface area contributed by atoms with Crippen molar-refractivity contribution in [2.45, 2.75) is 13.3 Å². The van der Waals surface area contributed by atoms with Gasteiger partial charge in [-0.05, 0) is 34.5 Å². The van der Waals surface area contributed by atoms with Crippen LogP contribution in [-0.4, -0.2) is 12.4 Å². The van der Waals surface area contributed by atoms with Crippen molar-refractivity contribution in [2.75, 3.05) is 6.61 Å². The molecule has 0 heterocycles. The van der Waals surface area contributed by atoms with Gasteiger partial charge in [-0.15, -0.1) is 0 Å². The van der Waals surface area contributed by atoms with E-state index in [1.807, 2.05) is 6.92 Å². The standard InChI is InChI=1S/C10H12BrFN2O/c1-2-5-15-7-4-3-6(10(13)14)8(11)9(7)12/h3-4H,2,5H2,1H3,(H3,13,14). The lowest BCUT2D eigenvalue weighted by Gasteiger charge is -2.09. The predicted molar refractivity (Wildman–Crippen MR) is 60.9 cm³/mol. The summed E-state index contributed by atoms with van der Waals surface area (Å²) in [7, 11) is 0. The molecule has 0 saturated carbocycles. The molecule has 0 aliphatic rings. The molecule has 0 radical (unpaired) electrons. The number of hydrogen-bond acceptors (Lipinski definition) is 2. The second-order valence-corrected chi connectivity index (χ2v) is 3.79. The maximum atomic E-state index is 13.6. The maximum absolute atomic E-state index is 13.6. The van der Waals surface area contributed by atoms with Crippen molar-refractivity contribution < 1.29 is 9.13 Å². The van der Waals surface area contributed by atoms with E-state index in [4.69, 9.17) is 15.9 Å². The van der Waals surface area contributed by atoms with Gasteiger partial charge in [0.1, 0.15) is 5.84 Å². The molecule has 0 aromatic heterocycles. The van der Waals surface area contributed by atoms with Gasteiger partial charge in [0, 0.05) is 5.56 Å². The molecule has 3 nitrogen and oxygen atoms in total. The van der Waals surface area contributed by atoms with E-state index in [-0.39, 0.29) is 16.1 Å². The molecule has 1 aromatic rings. The highest BCUT2D eigenvalue weighted by molar-refractivity contribution is 9.10. The molecule has 0 atom stereocenters. The van der Waals surface area contributed by atoms with Crippen molar-refractivity contribution >= 4 is 21.8 Å². The molecule has 1 rings (SSSR count). The molecule has 0 fully saturated rings. The zero-order valence-corrected chi connectivity index (χ0v) is 9.90. The van der Waals surface area contributed by atoms with Crippen LogP contribution in [0.25, 0.3) is 0 Å². The average molecular weight is 275 g/mol. The number of hydrogen-bond donors (Lipinski definition) is 2. The molecule has 1 aromatic carbocycles.